The van der Waals surface area contributed by atoms with Crippen molar-refractivity contribution >= 4 is 22.5 Å². The fourth-order valence-electron chi connectivity index (χ4n) is 3.82. The van der Waals surface area contributed by atoms with Gasteiger partial charge in [0.25, 0.3) is 5.56 Å². The zero-order chi connectivity index (χ0) is 22.1. The van der Waals surface area contributed by atoms with Crippen molar-refractivity contribution in [1.29, 1.82) is 0 Å². The van der Waals surface area contributed by atoms with Gasteiger partial charge in [0.15, 0.2) is 0 Å². The number of nitrogens with zero attached hydrogens (tertiary/aromatic N) is 3. The van der Waals surface area contributed by atoms with E-state index in [-0.39, 0.29) is 17.4 Å². The van der Waals surface area contributed by atoms with Crippen molar-refractivity contribution in [3.05, 3.63) is 98.8 Å². The molecule has 0 saturated heterocycles. The van der Waals surface area contributed by atoms with E-state index in [0.29, 0.717) is 5.02 Å². The molecular weight excluding hydrogens is 406 g/mol. The molecule has 0 fully saturated rings. The summed E-state index contributed by atoms with van der Waals surface area (Å²) in [4.78, 5) is 16.8. The lowest BCUT2D eigenvalue weighted by molar-refractivity contribution is 0.793. The number of fused-ring (bicyclic) bond motifs is 1. The number of aromatic nitrogens is 3. The van der Waals surface area contributed by atoms with Crippen molar-refractivity contribution in [2.45, 2.75) is 19.8 Å². The first-order chi connectivity index (χ1) is 14.8. The lowest BCUT2D eigenvalue weighted by atomic mass is 9.87. The Hall–Kier alpha value is -3.29. The number of hydrogen-bond donors (Lipinski definition) is 0. The third kappa shape index (κ3) is 4.15. The maximum absolute atomic E-state index is 12.5. The highest BCUT2D eigenvalue weighted by molar-refractivity contribution is 6.30. The van der Waals surface area contributed by atoms with E-state index in [0.717, 1.165) is 33.3 Å². The molecule has 4 nitrogen and oxygen atoms in total. The van der Waals surface area contributed by atoms with E-state index >= 15 is 0 Å². The topological polar surface area (TPSA) is 39.8 Å². The number of imidazole rings is 1. The Kier molecular flexibility index (Phi) is 5.71. The zero-order valence-electron chi connectivity index (χ0n) is 18.1. The van der Waals surface area contributed by atoms with Crippen LogP contribution in [0.2, 0.25) is 5.02 Å². The Morgan fingerprint density at radius 1 is 1.00 bits per heavy atom. The monoisotopic (exact) mass is 429 g/mol. The molecule has 0 spiro atoms. The highest BCUT2D eigenvalue weighted by Gasteiger charge is 2.21. The molecule has 31 heavy (non-hydrogen) atoms. The Labute approximate surface area is 187 Å². The lowest BCUT2D eigenvalue weighted by Crippen LogP contribution is -2.17. The van der Waals surface area contributed by atoms with E-state index in [1.54, 1.807) is 17.7 Å². The van der Waals surface area contributed by atoms with Gasteiger partial charge in [-0.3, -0.25) is 4.79 Å². The second kappa shape index (κ2) is 8.45. The molecule has 0 radical (unpaired) electrons. The van der Waals surface area contributed by atoms with Gasteiger partial charge in [0, 0.05) is 53.9 Å². The normalized spacial score (nSPS) is 12.1. The molecule has 0 N–H and O–H groups in total. The van der Waals surface area contributed by atoms with Gasteiger partial charge in [0.2, 0.25) is 0 Å². The number of aryl methyl sites for hydroxylation is 2. The van der Waals surface area contributed by atoms with Crippen molar-refractivity contribution in [3.63, 3.8) is 0 Å². The maximum Gasteiger partial charge on any atom is 0.252 e. The van der Waals surface area contributed by atoms with Crippen LogP contribution in [0.25, 0.3) is 10.9 Å². The molecular formula is C26H24ClN3O. The number of rotatable bonds is 3. The number of hydrogen-bond acceptors (Lipinski definition) is 2. The molecule has 0 amide bonds. The minimum atomic E-state index is -0.0609. The molecule has 1 atom stereocenters. The number of halogens is 1. The highest BCUT2D eigenvalue weighted by Crippen LogP contribution is 2.34. The van der Waals surface area contributed by atoms with Gasteiger partial charge >= 0.3 is 0 Å². The lowest BCUT2D eigenvalue weighted by Gasteiger charge is -2.20. The molecule has 0 aliphatic rings. The minimum Gasteiger partial charge on any atom is -0.337 e. The fraction of sp³-hybridized carbons (Fsp3) is 0.231. The number of benzene rings is 2. The van der Waals surface area contributed by atoms with Gasteiger partial charge in [-0.05, 0) is 35.4 Å². The van der Waals surface area contributed by atoms with E-state index in [1.807, 2.05) is 68.3 Å². The second-order valence-electron chi connectivity index (χ2n) is 8.07. The first-order valence-corrected chi connectivity index (χ1v) is 10.6. The van der Waals surface area contributed by atoms with Crippen LogP contribution in [0.3, 0.4) is 0 Å². The smallest absolute Gasteiger partial charge is 0.252 e. The molecule has 1 unspecified atom stereocenters. The van der Waals surface area contributed by atoms with Gasteiger partial charge in [-0.15, -0.1) is 0 Å². The van der Waals surface area contributed by atoms with Gasteiger partial charge in [0.1, 0.15) is 0 Å². The molecule has 156 valence electrons. The van der Waals surface area contributed by atoms with Gasteiger partial charge < -0.3 is 9.13 Å². The molecule has 0 bridgehead atoms. The quantitative estimate of drug-likeness (QED) is 0.424. The van der Waals surface area contributed by atoms with Crippen molar-refractivity contribution in [2.24, 2.45) is 20.0 Å². The van der Waals surface area contributed by atoms with E-state index in [9.17, 15) is 4.79 Å². The van der Waals surface area contributed by atoms with Crippen LogP contribution in [0.1, 0.15) is 42.1 Å². The molecule has 0 saturated carbocycles. The molecule has 2 aromatic carbocycles. The van der Waals surface area contributed by atoms with Crippen LogP contribution in [0.15, 0.2) is 65.8 Å². The first-order valence-electron chi connectivity index (χ1n) is 10.2. The third-order valence-corrected chi connectivity index (χ3v) is 5.70. The van der Waals surface area contributed by atoms with Crippen LogP contribution >= 0.6 is 11.6 Å². The largest absolute Gasteiger partial charge is 0.337 e. The van der Waals surface area contributed by atoms with Gasteiger partial charge in [-0.25, -0.2) is 4.98 Å². The van der Waals surface area contributed by atoms with Gasteiger partial charge in [-0.1, -0.05) is 55.5 Å². The average Bonchev–Trinajstić information content (AvgIpc) is 3.16. The van der Waals surface area contributed by atoms with Crippen LogP contribution in [0, 0.1) is 17.8 Å². The summed E-state index contributed by atoms with van der Waals surface area (Å²) < 4.78 is 3.70. The summed E-state index contributed by atoms with van der Waals surface area (Å²) in [5.74, 6) is 6.60. The molecule has 2 heterocycles. The Morgan fingerprint density at radius 2 is 1.71 bits per heavy atom. The second-order valence-corrected chi connectivity index (χ2v) is 8.51. The van der Waals surface area contributed by atoms with E-state index in [4.69, 9.17) is 11.6 Å². The Morgan fingerprint density at radius 3 is 2.35 bits per heavy atom. The summed E-state index contributed by atoms with van der Waals surface area (Å²) in [6.07, 6.45) is 3.70. The van der Waals surface area contributed by atoms with Crippen molar-refractivity contribution in [1.82, 2.24) is 14.1 Å². The van der Waals surface area contributed by atoms with Crippen LogP contribution in [-0.2, 0) is 14.1 Å². The molecule has 4 rings (SSSR count). The molecule has 0 aliphatic carbocycles. The minimum absolute atomic E-state index is 0.0303. The standard InChI is InChI=1S/C26H24ClN3O/c1-17(2)5-6-19-14-25(31)30(4)23-12-9-20(13-22(19)23)26(24-15-28-16-29(24)3)18-7-10-21(27)11-8-18/h7-17,26H,1-4H3. The van der Waals surface area contributed by atoms with Crippen LogP contribution < -0.4 is 5.56 Å². The van der Waals surface area contributed by atoms with E-state index < -0.39 is 0 Å². The summed E-state index contributed by atoms with van der Waals surface area (Å²) in [5.41, 5.74) is 4.85. The van der Waals surface area contributed by atoms with Crippen molar-refractivity contribution in [3.8, 4) is 11.8 Å². The van der Waals surface area contributed by atoms with Crippen LogP contribution in [0.5, 0.6) is 0 Å². The van der Waals surface area contributed by atoms with Crippen molar-refractivity contribution < 1.29 is 0 Å². The van der Waals surface area contributed by atoms with Crippen LogP contribution in [-0.4, -0.2) is 14.1 Å². The number of pyridine rings is 1. The summed E-state index contributed by atoms with van der Waals surface area (Å²) in [5, 5.41) is 1.67. The summed E-state index contributed by atoms with van der Waals surface area (Å²) in [6.45, 7) is 4.08. The first kappa shape index (κ1) is 21.0. The SMILES string of the molecule is CC(C)C#Cc1cc(=O)n(C)c2ccc(C(c3ccc(Cl)cc3)c3cncn3C)cc12. The highest BCUT2D eigenvalue weighted by atomic mass is 35.5. The molecule has 5 heteroatoms. The van der Waals surface area contributed by atoms with Crippen LogP contribution in [0.4, 0.5) is 0 Å². The van der Waals surface area contributed by atoms with Gasteiger partial charge in [0.05, 0.1) is 17.8 Å². The van der Waals surface area contributed by atoms with Gasteiger partial charge in [-0.2, -0.15) is 0 Å². The van der Waals surface area contributed by atoms with Crippen molar-refractivity contribution in [2.75, 3.05) is 0 Å². The fourth-order valence-corrected chi connectivity index (χ4v) is 3.94. The maximum atomic E-state index is 12.5. The molecule has 0 aliphatic heterocycles. The third-order valence-electron chi connectivity index (χ3n) is 5.45. The summed E-state index contributed by atoms with van der Waals surface area (Å²) in [6, 6.07) is 15.8. The average molecular weight is 430 g/mol. The predicted octanol–water partition coefficient (Wildman–Crippen LogP) is 5.11. The zero-order valence-corrected chi connectivity index (χ0v) is 18.8. The van der Waals surface area contributed by atoms with E-state index in [2.05, 4.69) is 29.0 Å². The summed E-state index contributed by atoms with van der Waals surface area (Å²) >= 11 is 6.14. The molecule has 2 aromatic heterocycles. The predicted molar refractivity (Wildman–Crippen MR) is 127 cm³/mol. The summed E-state index contributed by atoms with van der Waals surface area (Å²) in [7, 11) is 3.79. The Bertz CT molecular complexity index is 1370. The van der Waals surface area contributed by atoms with E-state index in [1.165, 1.54) is 0 Å². The molecule has 4 aromatic rings. The Balaban J connectivity index is 1.98.